The molecule has 0 aliphatic carbocycles. The molecule has 1 aliphatic rings. The number of piperidine rings is 1. The molecule has 1 saturated heterocycles. The molecule has 1 atom stereocenters. The Bertz CT molecular complexity index is 333. The molecular formula is C12H23N5. The van der Waals surface area contributed by atoms with Crippen LogP contribution in [-0.2, 0) is 13.5 Å². The van der Waals surface area contributed by atoms with E-state index in [2.05, 4.69) is 27.2 Å². The Labute approximate surface area is 103 Å². The molecule has 1 aromatic heterocycles. The van der Waals surface area contributed by atoms with E-state index < -0.39 is 0 Å². The fourth-order valence-corrected chi connectivity index (χ4v) is 2.47. The lowest BCUT2D eigenvalue weighted by molar-refractivity contribution is 0.193. The lowest BCUT2D eigenvalue weighted by atomic mass is 10.1. The molecular weight excluding hydrogens is 214 g/mol. The van der Waals surface area contributed by atoms with Crippen molar-refractivity contribution < 1.29 is 0 Å². The maximum Gasteiger partial charge on any atom is 0.151 e. The van der Waals surface area contributed by atoms with Crippen LogP contribution in [0.15, 0.2) is 6.33 Å². The van der Waals surface area contributed by atoms with Gasteiger partial charge in [0.25, 0.3) is 0 Å². The minimum Gasteiger partial charge on any atom is -0.313 e. The van der Waals surface area contributed by atoms with Crippen molar-refractivity contribution in [1.82, 2.24) is 25.0 Å². The van der Waals surface area contributed by atoms with E-state index in [1.54, 1.807) is 11.0 Å². The van der Waals surface area contributed by atoms with Gasteiger partial charge in [0.05, 0.1) is 0 Å². The van der Waals surface area contributed by atoms with Gasteiger partial charge < -0.3 is 10.2 Å². The number of likely N-dealkylation sites (tertiary alicyclic amines) is 1. The van der Waals surface area contributed by atoms with E-state index >= 15 is 0 Å². The van der Waals surface area contributed by atoms with E-state index in [4.69, 9.17) is 0 Å². The summed E-state index contributed by atoms with van der Waals surface area (Å²) in [6, 6.07) is 0.672. The lowest BCUT2D eigenvalue weighted by Gasteiger charge is -2.32. The van der Waals surface area contributed by atoms with Crippen LogP contribution in [0.4, 0.5) is 0 Å². The Hall–Kier alpha value is -0.940. The molecule has 96 valence electrons. The number of likely N-dealkylation sites (N-methyl/N-ethyl adjacent to an activating group) is 1. The van der Waals surface area contributed by atoms with Crippen LogP contribution in [0.1, 0.15) is 25.6 Å². The Morgan fingerprint density at radius 2 is 2.41 bits per heavy atom. The maximum absolute atomic E-state index is 4.31. The van der Waals surface area contributed by atoms with Gasteiger partial charge in [0.15, 0.2) is 5.82 Å². The Balaban J connectivity index is 1.75. The summed E-state index contributed by atoms with van der Waals surface area (Å²) in [6.45, 7) is 6.71. The highest BCUT2D eigenvalue weighted by Gasteiger charge is 2.18. The fourth-order valence-electron chi connectivity index (χ4n) is 2.47. The SMILES string of the molecule is CCNC1CCCN(CCc2ncn(C)n2)C1. The summed E-state index contributed by atoms with van der Waals surface area (Å²) in [6.07, 6.45) is 5.34. The minimum absolute atomic E-state index is 0.672. The fraction of sp³-hybridized carbons (Fsp3) is 0.833. The molecule has 1 N–H and O–H groups in total. The standard InChI is InChI=1S/C12H23N5/c1-3-13-11-5-4-7-17(9-11)8-6-12-14-10-16(2)15-12/h10-11,13H,3-9H2,1-2H3. The monoisotopic (exact) mass is 237 g/mol. The molecule has 17 heavy (non-hydrogen) atoms. The van der Waals surface area contributed by atoms with Gasteiger partial charge in [-0.1, -0.05) is 6.92 Å². The van der Waals surface area contributed by atoms with Crippen LogP contribution in [0.2, 0.25) is 0 Å². The quantitative estimate of drug-likeness (QED) is 0.807. The van der Waals surface area contributed by atoms with Crippen LogP contribution in [0.5, 0.6) is 0 Å². The van der Waals surface area contributed by atoms with Crippen molar-refractivity contribution in [3.05, 3.63) is 12.2 Å². The third-order valence-electron chi connectivity index (χ3n) is 3.30. The average molecular weight is 237 g/mol. The molecule has 1 aromatic rings. The first-order chi connectivity index (χ1) is 8.28. The molecule has 1 aliphatic heterocycles. The van der Waals surface area contributed by atoms with E-state index in [0.29, 0.717) is 6.04 Å². The number of nitrogens with one attached hydrogen (secondary N) is 1. The number of nitrogens with zero attached hydrogens (tertiary/aromatic N) is 4. The second-order valence-electron chi connectivity index (χ2n) is 4.78. The van der Waals surface area contributed by atoms with E-state index in [9.17, 15) is 0 Å². The van der Waals surface area contributed by atoms with Gasteiger partial charge in [0.1, 0.15) is 6.33 Å². The van der Waals surface area contributed by atoms with Crippen molar-refractivity contribution in [3.8, 4) is 0 Å². The third-order valence-corrected chi connectivity index (χ3v) is 3.30. The van der Waals surface area contributed by atoms with Crippen molar-refractivity contribution in [2.24, 2.45) is 7.05 Å². The molecule has 0 aromatic carbocycles. The Kier molecular flexibility index (Phi) is 4.50. The average Bonchev–Trinajstić information content (AvgIpc) is 2.74. The van der Waals surface area contributed by atoms with Gasteiger partial charge >= 0.3 is 0 Å². The number of aromatic nitrogens is 3. The second kappa shape index (κ2) is 6.12. The van der Waals surface area contributed by atoms with E-state index in [0.717, 1.165) is 25.3 Å². The second-order valence-corrected chi connectivity index (χ2v) is 4.78. The van der Waals surface area contributed by atoms with Gasteiger partial charge in [0, 0.05) is 32.6 Å². The Morgan fingerprint density at radius 3 is 3.12 bits per heavy atom. The zero-order chi connectivity index (χ0) is 12.1. The van der Waals surface area contributed by atoms with Crippen molar-refractivity contribution in [2.45, 2.75) is 32.2 Å². The summed E-state index contributed by atoms with van der Waals surface area (Å²) in [7, 11) is 1.92. The summed E-state index contributed by atoms with van der Waals surface area (Å²) >= 11 is 0. The van der Waals surface area contributed by atoms with Crippen LogP contribution in [0.3, 0.4) is 0 Å². The molecule has 0 spiro atoms. The molecule has 0 bridgehead atoms. The zero-order valence-corrected chi connectivity index (χ0v) is 10.9. The highest BCUT2D eigenvalue weighted by molar-refractivity contribution is 4.85. The summed E-state index contributed by atoms with van der Waals surface area (Å²) in [5, 5.41) is 7.85. The third kappa shape index (κ3) is 3.78. The van der Waals surface area contributed by atoms with Crippen molar-refractivity contribution >= 4 is 0 Å². The zero-order valence-electron chi connectivity index (χ0n) is 10.9. The molecule has 5 nitrogen and oxygen atoms in total. The summed E-state index contributed by atoms with van der Waals surface area (Å²) < 4.78 is 1.77. The topological polar surface area (TPSA) is 46.0 Å². The Morgan fingerprint density at radius 1 is 1.53 bits per heavy atom. The highest BCUT2D eigenvalue weighted by Crippen LogP contribution is 2.10. The van der Waals surface area contributed by atoms with Gasteiger partial charge in [0.2, 0.25) is 0 Å². The smallest absolute Gasteiger partial charge is 0.151 e. The minimum atomic E-state index is 0.672. The largest absolute Gasteiger partial charge is 0.313 e. The predicted octanol–water partition coefficient (Wildman–Crippen LogP) is 0.431. The van der Waals surface area contributed by atoms with Gasteiger partial charge in [-0.15, -0.1) is 0 Å². The van der Waals surface area contributed by atoms with Crippen LogP contribution in [0, 0.1) is 0 Å². The summed E-state index contributed by atoms with van der Waals surface area (Å²) in [5.74, 6) is 0.957. The molecule has 0 radical (unpaired) electrons. The lowest BCUT2D eigenvalue weighted by Crippen LogP contribution is -2.46. The first-order valence-electron chi connectivity index (χ1n) is 6.58. The van der Waals surface area contributed by atoms with Crippen LogP contribution < -0.4 is 5.32 Å². The first-order valence-corrected chi connectivity index (χ1v) is 6.58. The van der Waals surface area contributed by atoms with E-state index in [1.807, 2.05) is 7.05 Å². The molecule has 1 fully saturated rings. The maximum atomic E-state index is 4.31. The predicted molar refractivity (Wildman–Crippen MR) is 67.8 cm³/mol. The molecule has 1 unspecified atom stereocenters. The van der Waals surface area contributed by atoms with E-state index in [-0.39, 0.29) is 0 Å². The van der Waals surface area contributed by atoms with Crippen LogP contribution in [0.25, 0.3) is 0 Å². The van der Waals surface area contributed by atoms with Gasteiger partial charge in [-0.05, 0) is 25.9 Å². The van der Waals surface area contributed by atoms with Crippen molar-refractivity contribution in [3.63, 3.8) is 0 Å². The number of hydrogen-bond acceptors (Lipinski definition) is 4. The molecule has 2 rings (SSSR count). The number of aryl methyl sites for hydroxylation is 1. The van der Waals surface area contributed by atoms with Gasteiger partial charge in [-0.2, -0.15) is 5.10 Å². The van der Waals surface area contributed by atoms with E-state index in [1.165, 1.54) is 25.9 Å². The number of hydrogen-bond donors (Lipinski definition) is 1. The highest BCUT2D eigenvalue weighted by atomic mass is 15.3. The van der Waals surface area contributed by atoms with Gasteiger partial charge in [-0.3, -0.25) is 4.68 Å². The molecule has 5 heteroatoms. The molecule has 0 amide bonds. The summed E-state index contributed by atoms with van der Waals surface area (Å²) in [5.41, 5.74) is 0. The van der Waals surface area contributed by atoms with Crippen molar-refractivity contribution in [2.75, 3.05) is 26.2 Å². The summed E-state index contributed by atoms with van der Waals surface area (Å²) in [4.78, 5) is 6.79. The van der Waals surface area contributed by atoms with Crippen LogP contribution >= 0.6 is 0 Å². The van der Waals surface area contributed by atoms with Crippen molar-refractivity contribution in [1.29, 1.82) is 0 Å². The number of rotatable bonds is 5. The first kappa shape index (κ1) is 12.5. The van der Waals surface area contributed by atoms with Gasteiger partial charge in [-0.25, -0.2) is 4.98 Å². The molecule has 2 heterocycles. The van der Waals surface area contributed by atoms with Crippen LogP contribution in [-0.4, -0.2) is 51.9 Å². The normalized spacial score (nSPS) is 21.9. The molecule has 0 saturated carbocycles.